The van der Waals surface area contributed by atoms with Crippen LogP contribution in [0, 0.1) is 5.92 Å². The van der Waals surface area contributed by atoms with Crippen molar-refractivity contribution in [2.24, 2.45) is 5.92 Å². The fourth-order valence-electron chi connectivity index (χ4n) is 3.02. The number of methoxy groups -OCH3 is 1. The van der Waals surface area contributed by atoms with E-state index in [2.05, 4.69) is 37.8 Å². The molecule has 0 N–H and O–H groups in total. The predicted octanol–water partition coefficient (Wildman–Crippen LogP) is 4.59. The van der Waals surface area contributed by atoms with Crippen LogP contribution < -0.4 is 0 Å². The summed E-state index contributed by atoms with van der Waals surface area (Å²) >= 11 is 0. The summed E-state index contributed by atoms with van der Waals surface area (Å²) in [5.41, 5.74) is 4.60. The summed E-state index contributed by atoms with van der Waals surface area (Å²) in [5.74, 6) is 0.378. The lowest BCUT2D eigenvalue weighted by atomic mass is 9.78. The maximum atomic E-state index is 11.9. The van der Waals surface area contributed by atoms with Crippen molar-refractivity contribution in [3.8, 4) is 0 Å². The Labute approximate surface area is 133 Å². The lowest BCUT2D eigenvalue weighted by molar-refractivity contribution is -0.114. The van der Waals surface area contributed by atoms with Gasteiger partial charge in [-0.2, -0.15) is 0 Å². The first-order valence-electron chi connectivity index (χ1n) is 8.16. The number of hydrogen-bond acceptors (Lipinski definition) is 2. The number of rotatable bonds is 7. The molecule has 1 unspecified atom stereocenters. The van der Waals surface area contributed by atoms with Crippen LogP contribution in [0.4, 0.5) is 0 Å². The van der Waals surface area contributed by atoms with Gasteiger partial charge in [0.05, 0.1) is 0 Å². The molecule has 0 amide bonds. The number of unbranched alkanes of at least 4 members (excludes halogenated alkanes) is 1. The summed E-state index contributed by atoms with van der Waals surface area (Å²) in [7, 11) is 1.71. The SMILES string of the molecule is C=C1CC(=O)C=C(c2ccc(CCCC)cc2)C1CCOC. The minimum atomic E-state index is 0.156. The molecule has 0 aromatic heterocycles. The molecule has 118 valence electrons. The quantitative estimate of drug-likeness (QED) is 0.688. The normalized spacial score (nSPS) is 18.5. The molecule has 0 fully saturated rings. The summed E-state index contributed by atoms with van der Waals surface area (Å²) in [6, 6.07) is 8.65. The monoisotopic (exact) mass is 298 g/mol. The Morgan fingerprint density at radius 1 is 1.27 bits per heavy atom. The number of ketones is 1. The van der Waals surface area contributed by atoms with Crippen molar-refractivity contribution in [3.63, 3.8) is 0 Å². The molecule has 0 saturated carbocycles. The van der Waals surface area contributed by atoms with Gasteiger partial charge < -0.3 is 4.74 Å². The van der Waals surface area contributed by atoms with E-state index >= 15 is 0 Å². The maximum Gasteiger partial charge on any atom is 0.160 e. The minimum Gasteiger partial charge on any atom is -0.385 e. The Hall–Kier alpha value is -1.67. The Balaban J connectivity index is 2.22. The van der Waals surface area contributed by atoms with Crippen LogP contribution in [0.25, 0.3) is 5.57 Å². The second-order valence-electron chi connectivity index (χ2n) is 6.04. The van der Waals surface area contributed by atoms with Crippen molar-refractivity contribution in [2.45, 2.75) is 39.0 Å². The molecule has 1 aliphatic carbocycles. The molecule has 2 heteroatoms. The smallest absolute Gasteiger partial charge is 0.160 e. The van der Waals surface area contributed by atoms with Crippen LogP contribution in [0.2, 0.25) is 0 Å². The highest BCUT2D eigenvalue weighted by atomic mass is 16.5. The number of carbonyl (C=O) groups is 1. The standard InChI is InChI=1S/C20H26O2/c1-4-5-6-16-7-9-17(10-8-16)20-14-18(21)13-15(2)19(20)11-12-22-3/h7-10,14,19H,2,4-6,11-13H2,1,3H3. The van der Waals surface area contributed by atoms with E-state index in [0.717, 1.165) is 29.6 Å². The Morgan fingerprint density at radius 2 is 2.00 bits per heavy atom. The van der Waals surface area contributed by atoms with Crippen molar-refractivity contribution < 1.29 is 9.53 Å². The zero-order chi connectivity index (χ0) is 15.9. The van der Waals surface area contributed by atoms with Gasteiger partial charge in [0.15, 0.2) is 5.78 Å². The van der Waals surface area contributed by atoms with Gasteiger partial charge >= 0.3 is 0 Å². The highest BCUT2D eigenvalue weighted by Crippen LogP contribution is 2.36. The molecule has 0 heterocycles. The fourth-order valence-corrected chi connectivity index (χ4v) is 3.02. The fraction of sp³-hybridized carbons (Fsp3) is 0.450. The first-order chi connectivity index (χ1) is 10.7. The molecule has 0 aliphatic heterocycles. The van der Waals surface area contributed by atoms with Gasteiger partial charge in [0.25, 0.3) is 0 Å². The van der Waals surface area contributed by atoms with Crippen LogP contribution in [0.5, 0.6) is 0 Å². The number of hydrogen-bond donors (Lipinski definition) is 0. The molecule has 22 heavy (non-hydrogen) atoms. The summed E-state index contributed by atoms with van der Waals surface area (Å²) in [4.78, 5) is 11.9. The third kappa shape index (κ3) is 4.17. The number of aryl methyl sites for hydroxylation is 1. The van der Waals surface area contributed by atoms with E-state index in [1.807, 2.05) is 0 Å². The van der Waals surface area contributed by atoms with Crippen LogP contribution >= 0.6 is 0 Å². The summed E-state index contributed by atoms with van der Waals surface area (Å²) in [6.07, 6.45) is 6.69. The van der Waals surface area contributed by atoms with Gasteiger partial charge in [-0.1, -0.05) is 49.8 Å². The van der Waals surface area contributed by atoms with Gasteiger partial charge in [-0.15, -0.1) is 0 Å². The number of benzene rings is 1. The minimum absolute atomic E-state index is 0.156. The first-order valence-corrected chi connectivity index (χ1v) is 8.16. The zero-order valence-electron chi connectivity index (χ0n) is 13.7. The van der Waals surface area contributed by atoms with Gasteiger partial charge in [0, 0.05) is 26.1 Å². The van der Waals surface area contributed by atoms with Gasteiger partial charge in [0.1, 0.15) is 0 Å². The number of allylic oxidation sites excluding steroid dienone is 3. The molecule has 0 saturated heterocycles. The summed E-state index contributed by atoms with van der Waals surface area (Å²) < 4.78 is 5.21. The van der Waals surface area contributed by atoms with E-state index in [1.54, 1.807) is 13.2 Å². The number of carbonyl (C=O) groups excluding carboxylic acids is 1. The molecule has 1 atom stereocenters. The molecule has 0 spiro atoms. The molecule has 1 aromatic carbocycles. The Kier molecular flexibility index (Phi) is 6.14. The third-order valence-corrected chi connectivity index (χ3v) is 4.30. The van der Waals surface area contributed by atoms with Crippen LogP contribution in [0.1, 0.15) is 43.7 Å². The van der Waals surface area contributed by atoms with Crippen molar-refractivity contribution in [3.05, 3.63) is 53.6 Å². The first kappa shape index (κ1) is 16.7. The van der Waals surface area contributed by atoms with E-state index < -0.39 is 0 Å². The average Bonchev–Trinajstić information content (AvgIpc) is 2.52. The highest BCUT2D eigenvalue weighted by molar-refractivity contribution is 6.01. The largest absolute Gasteiger partial charge is 0.385 e. The van der Waals surface area contributed by atoms with Crippen molar-refractivity contribution in [1.82, 2.24) is 0 Å². The van der Waals surface area contributed by atoms with Gasteiger partial charge in [-0.05, 0) is 42.0 Å². The molecule has 0 radical (unpaired) electrons. The van der Waals surface area contributed by atoms with Crippen LogP contribution in [0.15, 0.2) is 42.5 Å². The average molecular weight is 298 g/mol. The van der Waals surface area contributed by atoms with E-state index in [9.17, 15) is 4.79 Å². The van der Waals surface area contributed by atoms with Gasteiger partial charge in [0.2, 0.25) is 0 Å². The predicted molar refractivity (Wildman–Crippen MR) is 91.8 cm³/mol. The van der Waals surface area contributed by atoms with Crippen molar-refractivity contribution >= 4 is 11.4 Å². The second-order valence-corrected chi connectivity index (χ2v) is 6.04. The Morgan fingerprint density at radius 3 is 2.64 bits per heavy atom. The van der Waals surface area contributed by atoms with Gasteiger partial charge in [-0.25, -0.2) is 0 Å². The summed E-state index contributed by atoms with van der Waals surface area (Å²) in [5, 5.41) is 0. The van der Waals surface area contributed by atoms with Crippen LogP contribution in [0.3, 0.4) is 0 Å². The van der Waals surface area contributed by atoms with Crippen LogP contribution in [-0.4, -0.2) is 19.5 Å². The van der Waals surface area contributed by atoms with E-state index in [-0.39, 0.29) is 11.7 Å². The molecule has 1 aromatic rings. The Bertz CT molecular complexity index is 552. The van der Waals surface area contributed by atoms with Crippen LogP contribution in [-0.2, 0) is 16.0 Å². The zero-order valence-corrected chi connectivity index (χ0v) is 13.7. The van der Waals surface area contributed by atoms with E-state index in [4.69, 9.17) is 4.74 Å². The molecule has 2 rings (SSSR count). The van der Waals surface area contributed by atoms with Gasteiger partial charge in [-0.3, -0.25) is 4.79 Å². The number of ether oxygens (including phenoxy) is 1. The highest BCUT2D eigenvalue weighted by Gasteiger charge is 2.25. The lowest BCUT2D eigenvalue weighted by Crippen LogP contribution is -2.17. The van der Waals surface area contributed by atoms with Crippen molar-refractivity contribution in [2.75, 3.05) is 13.7 Å². The third-order valence-electron chi connectivity index (χ3n) is 4.30. The topological polar surface area (TPSA) is 26.3 Å². The molecular weight excluding hydrogens is 272 g/mol. The molecule has 2 nitrogen and oxygen atoms in total. The summed E-state index contributed by atoms with van der Waals surface area (Å²) in [6.45, 7) is 7.01. The van der Waals surface area contributed by atoms with Crippen molar-refractivity contribution in [1.29, 1.82) is 0 Å². The molecule has 1 aliphatic rings. The maximum absolute atomic E-state index is 11.9. The second kappa shape index (κ2) is 8.09. The van der Waals surface area contributed by atoms with E-state index in [1.165, 1.54) is 18.4 Å². The molecule has 0 bridgehead atoms. The lowest BCUT2D eigenvalue weighted by Gasteiger charge is -2.26. The van der Waals surface area contributed by atoms with E-state index in [0.29, 0.717) is 13.0 Å². The molecular formula is C20H26O2.